The van der Waals surface area contributed by atoms with E-state index in [0.29, 0.717) is 16.7 Å². The lowest BCUT2D eigenvalue weighted by molar-refractivity contribution is -0.113. The molecule has 136 valence electrons. The van der Waals surface area contributed by atoms with Crippen LogP contribution in [0.15, 0.2) is 68.3 Å². The summed E-state index contributed by atoms with van der Waals surface area (Å²) in [4.78, 5) is 36.5. The Labute approximate surface area is 163 Å². The van der Waals surface area contributed by atoms with Crippen molar-refractivity contribution < 1.29 is 18.7 Å². The molecule has 0 N–H and O–H groups in total. The number of rotatable bonds is 6. The van der Waals surface area contributed by atoms with Gasteiger partial charge in [0.05, 0.1) is 13.5 Å². The van der Waals surface area contributed by atoms with Crippen LogP contribution in [-0.4, -0.2) is 18.7 Å². The maximum absolute atomic E-state index is 12.4. The molecule has 0 fully saturated rings. The van der Waals surface area contributed by atoms with Crippen molar-refractivity contribution in [2.75, 3.05) is 7.11 Å². The number of hydrogen-bond donors (Lipinski definition) is 0. The molecular formula is C21H15BrO5. The van der Waals surface area contributed by atoms with Crippen LogP contribution >= 0.6 is 15.9 Å². The SMILES string of the molecule is COc1ccc(/C=C/C(=O)CC(=O)c2cc3cc(Br)ccc3oc2=O)cc1. The molecule has 0 aliphatic carbocycles. The summed E-state index contributed by atoms with van der Waals surface area (Å²) in [5.74, 6) is -0.261. The Morgan fingerprint density at radius 2 is 1.85 bits per heavy atom. The summed E-state index contributed by atoms with van der Waals surface area (Å²) in [5, 5.41) is 0.605. The van der Waals surface area contributed by atoms with E-state index in [1.54, 1.807) is 55.7 Å². The Morgan fingerprint density at radius 1 is 1.11 bits per heavy atom. The van der Waals surface area contributed by atoms with Crippen molar-refractivity contribution in [2.45, 2.75) is 6.42 Å². The number of ether oxygens (including phenoxy) is 1. The maximum Gasteiger partial charge on any atom is 0.347 e. The second kappa shape index (κ2) is 8.14. The van der Waals surface area contributed by atoms with E-state index < -0.39 is 23.6 Å². The highest BCUT2D eigenvalue weighted by atomic mass is 79.9. The van der Waals surface area contributed by atoms with E-state index in [1.807, 2.05) is 0 Å². The lowest BCUT2D eigenvalue weighted by atomic mass is 10.1. The van der Waals surface area contributed by atoms with E-state index in [9.17, 15) is 14.4 Å². The predicted molar refractivity (Wildman–Crippen MR) is 106 cm³/mol. The predicted octanol–water partition coefficient (Wildman–Crippen LogP) is 4.42. The van der Waals surface area contributed by atoms with Crippen LogP contribution in [0.3, 0.4) is 0 Å². The molecule has 6 heteroatoms. The molecule has 2 aromatic carbocycles. The Bertz CT molecular complexity index is 1090. The number of fused-ring (bicyclic) bond motifs is 1. The van der Waals surface area contributed by atoms with Crippen LogP contribution in [0, 0.1) is 0 Å². The van der Waals surface area contributed by atoms with Gasteiger partial charge in [0.1, 0.15) is 16.9 Å². The molecule has 0 aliphatic rings. The lowest BCUT2D eigenvalue weighted by Gasteiger charge is -2.01. The molecule has 0 saturated carbocycles. The topological polar surface area (TPSA) is 73.6 Å². The fourth-order valence-electron chi connectivity index (χ4n) is 2.51. The quantitative estimate of drug-likeness (QED) is 0.252. The molecule has 1 heterocycles. The van der Waals surface area contributed by atoms with Crippen LogP contribution in [0.2, 0.25) is 0 Å². The fraction of sp³-hybridized carbons (Fsp3) is 0.0952. The molecule has 0 aliphatic heterocycles. The standard InChI is InChI=1S/C21H15BrO5/c1-26-17-7-3-13(4-8-17)2-6-16(23)12-19(24)18-11-14-10-15(22)5-9-20(14)27-21(18)25/h2-11H,12H2,1H3/b6-2+. The molecular weight excluding hydrogens is 412 g/mol. The first-order chi connectivity index (χ1) is 13.0. The smallest absolute Gasteiger partial charge is 0.347 e. The van der Waals surface area contributed by atoms with E-state index >= 15 is 0 Å². The van der Waals surface area contributed by atoms with Crippen molar-refractivity contribution in [3.63, 3.8) is 0 Å². The van der Waals surface area contributed by atoms with Crippen LogP contribution in [0.25, 0.3) is 17.0 Å². The van der Waals surface area contributed by atoms with Gasteiger partial charge in [-0.2, -0.15) is 0 Å². The molecule has 0 radical (unpaired) electrons. The maximum atomic E-state index is 12.4. The number of hydrogen-bond acceptors (Lipinski definition) is 5. The van der Waals surface area contributed by atoms with Gasteiger partial charge < -0.3 is 9.15 Å². The molecule has 0 spiro atoms. The molecule has 0 saturated heterocycles. The summed E-state index contributed by atoms with van der Waals surface area (Å²) in [6.07, 6.45) is 2.52. The summed E-state index contributed by atoms with van der Waals surface area (Å²) < 4.78 is 11.0. The number of carbonyl (C=O) groups is 2. The molecule has 0 unspecified atom stereocenters. The highest BCUT2D eigenvalue weighted by Crippen LogP contribution is 2.20. The van der Waals surface area contributed by atoms with E-state index in [-0.39, 0.29) is 5.56 Å². The number of halogens is 1. The third-order valence-electron chi connectivity index (χ3n) is 3.91. The van der Waals surface area contributed by atoms with Gasteiger partial charge in [0, 0.05) is 9.86 Å². The number of ketones is 2. The molecule has 0 bridgehead atoms. The zero-order chi connectivity index (χ0) is 19.4. The average Bonchev–Trinajstić information content (AvgIpc) is 2.66. The van der Waals surface area contributed by atoms with Crippen molar-refractivity contribution in [3.8, 4) is 5.75 Å². The van der Waals surface area contributed by atoms with Gasteiger partial charge in [0.25, 0.3) is 0 Å². The Kier molecular flexibility index (Phi) is 5.66. The van der Waals surface area contributed by atoms with Crippen LogP contribution in [0.4, 0.5) is 0 Å². The van der Waals surface area contributed by atoms with Crippen molar-refractivity contribution in [1.82, 2.24) is 0 Å². The van der Waals surface area contributed by atoms with E-state index in [2.05, 4.69) is 15.9 Å². The number of carbonyl (C=O) groups excluding carboxylic acids is 2. The minimum Gasteiger partial charge on any atom is -0.497 e. The van der Waals surface area contributed by atoms with Crippen molar-refractivity contribution >= 4 is 44.5 Å². The van der Waals surface area contributed by atoms with Gasteiger partial charge in [0.2, 0.25) is 0 Å². The van der Waals surface area contributed by atoms with Crippen molar-refractivity contribution in [1.29, 1.82) is 0 Å². The molecule has 3 rings (SSSR count). The summed E-state index contributed by atoms with van der Waals surface area (Å²) in [6.45, 7) is 0. The zero-order valence-electron chi connectivity index (χ0n) is 14.4. The molecule has 3 aromatic rings. The van der Waals surface area contributed by atoms with Gasteiger partial charge >= 0.3 is 5.63 Å². The van der Waals surface area contributed by atoms with Crippen LogP contribution in [-0.2, 0) is 4.79 Å². The molecule has 1 aromatic heterocycles. The third kappa shape index (κ3) is 4.60. The molecule has 27 heavy (non-hydrogen) atoms. The van der Waals surface area contributed by atoms with Gasteiger partial charge in [-0.3, -0.25) is 9.59 Å². The minimum atomic E-state index is -0.748. The van der Waals surface area contributed by atoms with Crippen LogP contribution < -0.4 is 10.4 Å². The lowest BCUT2D eigenvalue weighted by Crippen LogP contribution is -2.16. The van der Waals surface area contributed by atoms with E-state index in [1.165, 1.54) is 12.1 Å². The second-order valence-corrected chi connectivity index (χ2v) is 6.72. The Hall–Kier alpha value is -2.99. The first-order valence-corrected chi connectivity index (χ1v) is 8.87. The van der Waals surface area contributed by atoms with Crippen molar-refractivity contribution in [3.05, 3.63) is 80.6 Å². The fourth-order valence-corrected chi connectivity index (χ4v) is 2.88. The minimum absolute atomic E-state index is 0.133. The zero-order valence-corrected chi connectivity index (χ0v) is 16.0. The van der Waals surface area contributed by atoms with E-state index in [4.69, 9.17) is 9.15 Å². The summed E-state index contributed by atoms with van der Waals surface area (Å²) in [5.41, 5.74) is 0.297. The first kappa shape index (κ1) is 18.8. The normalized spacial score (nSPS) is 11.0. The molecule has 5 nitrogen and oxygen atoms in total. The van der Waals surface area contributed by atoms with Gasteiger partial charge in [-0.15, -0.1) is 0 Å². The largest absolute Gasteiger partial charge is 0.497 e. The van der Waals surface area contributed by atoms with Gasteiger partial charge in [-0.05, 0) is 48.0 Å². The highest BCUT2D eigenvalue weighted by molar-refractivity contribution is 9.10. The highest BCUT2D eigenvalue weighted by Gasteiger charge is 2.16. The third-order valence-corrected chi connectivity index (χ3v) is 4.40. The van der Waals surface area contributed by atoms with E-state index in [0.717, 1.165) is 10.0 Å². The molecule has 0 amide bonds. The van der Waals surface area contributed by atoms with Crippen LogP contribution in [0.1, 0.15) is 22.3 Å². The average molecular weight is 427 g/mol. The number of methoxy groups -OCH3 is 1. The number of Topliss-reactive ketones (excluding diaryl/α,β-unsaturated/α-hetero) is 1. The second-order valence-electron chi connectivity index (χ2n) is 5.80. The van der Waals surface area contributed by atoms with Gasteiger partial charge in [-0.25, -0.2) is 4.79 Å². The summed E-state index contributed by atoms with van der Waals surface area (Å²) in [6, 6.07) is 13.7. The van der Waals surface area contributed by atoms with Gasteiger partial charge in [-0.1, -0.05) is 34.1 Å². The number of benzene rings is 2. The van der Waals surface area contributed by atoms with Crippen LogP contribution in [0.5, 0.6) is 5.75 Å². The van der Waals surface area contributed by atoms with Crippen molar-refractivity contribution in [2.24, 2.45) is 0 Å². The summed E-state index contributed by atoms with van der Waals surface area (Å²) >= 11 is 3.33. The monoisotopic (exact) mass is 426 g/mol. The number of allylic oxidation sites excluding steroid dienone is 1. The summed E-state index contributed by atoms with van der Waals surface area (Å²) in [7, 11) is 1.57. The van der Waals surface area contributed by atoms with Gasteiger partial charge in [0.15, 0.2) is 11.6 Å². The Morgan fingerprint density at radius 3 is 2.56 bits per heavy atom. The molecule has 0 atom stereocenters. The Balaban J connectivity index is 1.75. The first-order valence-electron chi connectivity index (χ1n) is 8.08.